The summed E-state index contributed by atoms with van der Waals surface area (Å²) in [6.07, 6.45) is 1.39. The van der Waals surface area contributed by atoms with E-state index in [4.69, 9.17) is 4.74 Å². The predicted molar refractivity (Wildman–Crippen MR) is 67.5 cm³/mol. The van der Waals surface area contributed by atoms with Crippen LogP contribution in [0.3, 0.4) is 0 Å². The summed E-state index contributed by atoms with van der Waals surface area (Å²) in [6.45, 7) is 1.20. The molecule has 0 spiro atoms. The molecule has 1 atom stereocenters. The number of aromatic hydroxyl groups is 1. The zero-order valence-electron chi connectivity index (χ0n) is 10.4. The maximum atomic E-state index is 11.0. The SMILES string of the molecule is COc1ccc(O)c(CNC2CCC(=O)NC2)c1. The van der Waals surface area contributed by atoms with Gasteiger partial charge >= 0.3 is 0 Å². The second-order valence-corrected chi connectivity index (χ2v) is 4.42. The van der Waals surface area contributed by atoms with Gasteiger partial charge in [-0.25, -0.2) is 0 Å². The monoisotopic (exact) mass is 250 g/mol. The van der Waals surface area contributed by atoms with Gasteiger partial charge in [0.15, 0.2) is 0 Å². The molecule has 18 heavy (non-hydrogen) atoms. The van der Waals surface area contributed by atoms with E-state index in [1.807, 2.05) is 6.07 Å². The van der Waals surface area contributed by atoms with Crippen molar-refractivity contribution in [1.82, 2.24) is 10.6 Å². The summed E-state index contributed by atoms with van der Waals surface area (Å²) in [5.41, 5.74) is 0.797. The summed E-state index contributed by atoms with van der Waals surface area (Å²) in [7, 11) is 1.60. The number of benzene rings is 1. The minimum atomic E-state index is 0.109. The van der Waals surface area contributed by atoms with Crippen LogP contribution in [-0.4, -0.2) is 30.7 Å². The van der Waals surface area contributed by atoms with E-state index in [0.29, 0.717) is 19.5 Å². The molecule has 0 aromatic heterocycles. The number of carbonyl (C=O) groups is 1. The van der Waals surface area contributed by atoms with Crippen molar-refractivity contribution in [2.45, 2.75) is 25.4 Å². The highest BCUT2D eigenvalue weighted by Gasteiger charge is 2.17. The Morgan fingerprint density at radius 2 is 2.39 bits per heavy atom. The minimum Gasteiger partial charge on any atom is -0.508 e. The van der Waals surface area contributed by atoms with E-state index in [1.165, 1.54) is 0 Å². The van der Waals surface area contributed by atoms with Crippen molar-refractivity contribution >= 4 is 5.91 Å². The molecular formula is C13H18N2O3. The molecular weight excluding hydrogens is 232 g/mol. The van der Waals surface area contributed by atoms with Crippen molar-refractivity contribution in [3.63, 3.8) is 0 Å². The minimum absolute atomic E-state index is 0.109. The van der Waals surface area contributed by atoms with E-state index in [0.717, 1.165) is 17.7 Å². The first-order valence-corrected chi connectivity index (χ1v) is 6.05. The number of methoxy groups -OCH3 is 1. The van der Waals surface area contributed by atoms with Crippen molar-refractivity contribution in [2.24, 2.45) is 0 Å². The maximum absolute atomic E-state index is 11.0. The molecule has 1 aliphatic rings. The molecule has 1 heterocycles. The Bertz CT molecular complexity index is 424. The van der Waals surface area contributed by atoms with Gasteiger partial charge in [0, 0.05) is 31.1 Å². The molecule has 1 aromatic rings. The van der Waals surface area contributed by atoms with Crippen LogP contribution in [0.2, 0.25) is 0 Å². The van der Waals surface area contributed by atoms with E-state index in [-0.39, 0.29) is 17.7 Å². The lowest BCUT2D eigenvalue weighted by Crippen LogP contribution is -2.45. The molecule has 2 rings (SSSR count). The molecule has 3 N–H and O–H groups in total. The summed E-state index contributed by atoms with van der Waals surface area (Å²) >= 11 is 0. The van der Waals surface area contributed by atoms with Crippen molar-refractivity contribution in [2.75, 3.05) is 13.7 Å². The molecule has 98 valence electrons. The first kappa shape index (κ1) is 12.7. The molecule has 0 saturated carbocycles. The molecule has 5 heteroatoms. The van der Waals surface area contributed by atoms with Crippen LogP contribution >= 0.6 is 0 Å². The highest BCUT2D eigenvalue weighted by molar-refractivity contribution is 5.76. The van der Waals surface area contributed by atoms with Gasteiger partial charge in [0.25, 0.3) is 0 Å². The molecule has 1 fully saturated rings. The number of ether oxygens (including phenoxy) is 1. The van der Waals surface area contributed by atoms with Gasteiger partial charge in [-0.1, -0.05) is 0 Å². The predicted octanol–water partition coefficient (Wildman–Crippen LogP) is 0.769. The van der Waals surface area contributed by atoms with Crippen LogP contribution in [0.4, 0.5) is 0 Å². The largest absolute Gasteiger partial charge is 0.508 e. The lowest BCUT2D eigenvalue weighted by molar-refractivity contribution is -0.122. The van der Waals surface area contributed by atoms with Gasteiger partial charge in [0.05, 0.1) is 7.11 Å². The van der Waals surface area contributed by atoms with E-state index in [9.17, 15) is 9.90 Å². The number of phenols is 1. The topological polar surface area (TPSA) is 70.6 Å². The van der Waals surface area contributed by atoms with Gasteiger partial charge in [-0.2, -0.15) is 0 Å². The van der Waals surface area contributed by atoms with Gasteiger partial charge < -0.3 is 20.5 Å². The number of hydrogen-bond donors (Lipinski definition) is 3. The lowest BCUT2D eigenvalue weighted by Gasteiger charge is -2.23. The molecule has 0 radical (unpaired) electrons. The summed E-state index contributed by atoms with van der Waals surface area (Å²) < 4.78 is 5.12. The second kappa shape index (κ2) is 5.73. The molecule has 1 unspecified atom stereocenters. The van der Waals surface area contributed by atoms with Crippen LogP contribution in [0, 0.1) is 0 Å². The molecule has 0 aliphatic carbocycles. The van der Waals surface area contributed by atoms with E-state index in [1.54, 1.807) is 19.2 Å². The van der Waals surface area contributed by atoms with Gasteiger partial charge in [-0.3, -0.25) is 4.79 Å². The molecule has 1 aromatic carbocycles. The maximum Gasteiger partial charge on any atom is 0.220 e. The number of hydrogen-bond acceptors (Lipinski definition) is 4. The number of phenolic OH excluding ortho intramolecular Hbond substituents is 1. The van der Waals surface area contributed by atoms with Gasteiger partial charge in [-0.15, -0.1) is 0 Å². The standard InChI is InChI=1S/C13H18N2O3/c1-18-11-3-4-12(16)9(6-11)7-14-10-2-5-13(17)15-8-10/h3-4,6,10,14,16H,2,5,7-8H2,1H3,(H,15,17). The van der Waals surface area contributed by atoms with Crippen LogP contribution < -0.4 is 15.4 Å². The molecule has 0 bridgehead atoms. The number of piperidine rings is 1. The summed E-state index contributed by atoms with van der Waals surface area (Å²) in [5, 5.41) is 15.9. The molecule has 1 saturated heterocycles. The zero-order chi connectivity index (χ0) is 13.0. The van der Waals surface area contributed by atoms with Crippen molar-refractivity contribution in [3.05, 3.63) is 23.8 Å². The lowest BCUT2D eigenvalue weighted by atomic mass is 10.1. The first-order chi connectivity index (χ1) is 8.69. The third kappa shape index (κ3) is 3.13. The Morgan fingerprint density at radius 1 is 1.56 bits per heavy atom. The molecule has 1 amide bonds. The smallest absolute Gasteiger partial charge is 0.220 e. The van der Waals surface area contributed by atoms with Gasteiger partial charge in [0.2, 0.25) is 5.91 Å². The Balaban J connectivity index is 1.91. The van der Waals surface area contributed by atoms with Crippen molar-refractivity contribution in [1.29, 1.82) is 0 Å². The third-order valence-corrected chi connectivity index (χ3v) is 3.13. The van der Waals surface area contributed by atoms with E-state index in [2.05, 4.69) is 10.6 Å². The van der Waals surface area contributed by atoms with Crippen LogP contribution in [0.25, 0.3) is 0 Å². The average Bonchev–Trinajstić information content (AvgIpc) is 2.40. The first-order valence-electron chi connectivity index (χ1n) is 6.05. The third-order valence-electron chi connectivity index (χ3n) is 3.13. The Hall–Kier alpha value is -1.75. The van der Waals surface area contributed by atoms with Crippen molar-refractivity contribution in [3.8, 4) is 11.5 Å². The van der Waals surface area contributed by atoms with Crippen LogP contribution in [-0.2, 0) is 11.3 Å². The van der Waals surface area contributed by atoms with E-state index < -0.39 is 0 Å². The van der Waals surface area contributed by atoms with Crippen LogP contribution in [0.1, 0.15) is 18.4 Å². The highest BCUT2D eigenvalue weighted by atomic mass is 16.5. The van der Waals surface area contributed by atoms with E-state index >= 15 is 0 Å². The Kier molecular flexibility index (Phi) is 4.04. The van der Waals surface area contributed by atoms with Crippen molar-refractivity contribution < 1.29 is 14.6 Å². The zero-order valence-corrected chi connectivity index (χ0v) is 10.4. The fourth-order valence-electron chi connectivity index (χ4n) is 1.99. The fraction of sp³-hybridized carbons (Fsp3) is 0.462. The quantitative estimate of drug-likeness (QED) is 0.738. The van der Waals surface area contributed by atoms with Gasteiger partial charge in [0.1, 0.15) is 11.5 Å². The highest BCUT2D eigenvalue weighted by Crippen LogP contribution is 2.22. The number of nitrogens with one attached hydrogen (secondary N) is 2. The van der Waals surface area contributed by atoms with Gasteiger partial charge in [-0.05, 0) is 24.6 Å². The number of rotatable bonds is 4. The Labute approximate surface area is 106 Å². The summed E-state index contributed by atoms with van der Waals surface area (Å²) in [4.78, 5) is 11.0. The number of amides is 1. The van der Waals surface area contributed by atoms with Crippen LogP contribution in [0.15, 0.2) is 18.2 Å². The fourth-order valence-corrected chi connectivity index (χ4v) is 1.99. The summed E-state index contributed by atoms with van der Waals surface area (Å²) in [6, 6.07) is 5.41. The summed E-state index contributed by atoms with van der Waals surface area (Å²) in [5.74, 6) is 1.09. The van der Waals surface area contributed by atoms with Crippen LogP contribution in [0.5, 0.6) is 11.5 Å². The Morgan fingerprint density at radius 3 is 3.06 bits per heavy atom. The number of carbonyl (C=O) groups excluding carboxylic acids is 1. The molecule has 5 nitrogen and oxygen atoms in total. The average molecular weight is 250 g/mol. The second-order valence-electron chi connectivity index (χ2n) is 4.42. The molecule has 1 aliphatic heterocycles. The normalized spacial score (nSPS) is 19.4.